The van der Waals surface area contributed by atoms with Gasteiger partial charge in [0.25, 0.3) is 0 Å². The molecule has 20 heavy (non-hydrogen) atoms. The van der Waals surface area contributed by atoms with E-state index in [0.717, 1.165) is 17.9 Å². The molecule has 0 aromatic rings. The van der Waals surface area contributed by atoms with Gasteiger partial charge in [0.1, 0.15) is 0 Å². The van der Waals surface area contributed by atoms with Crippen LogP contribution in [0.1, 0.15) is 72.6 Å². The van der Waals surface area contributed by atoms with Crippen LogP contribution in [0.4, 0.5) is 0 Å². The first-order chi connectivity index (χ1) is 9.67. The lowest BCUT2D eigenvalue weighted by Gasteiger charge is -2.23. The van der Waals surface area contributed by atoms with Crippen LogP contribution in [-0.2, 0) is 0 Å². The zero-order valence-corrected chi connectivity index (χ0v) is 14.5. The number of hydrogen-bond acceptors (Lipinski definition) is 2. The minimum Gasteiger partial charge on any atom is -0.314 e. The second kappa shape index (κ2) is 10.6. The Morgan fingerprint density at radius 3 is 2.60 bits per heavy atom. The molecule has 0 amide bonds. The number of nitrogens with zero attached hydrogens (tertiary/aromatic N) is 1. The quantitative estimate of drug-likeness (QED) is 0.678. The van der Waals surface area contributed by atoms with Gasteiger partial charge in [-0.05, 0) is 83.0 Å². The fourth-order valence-electron chi connectivity index (χ4n) is 3.43. The van der Waals surface area contributed by atoms with Crippen molar-refractivity contribution in [2.75, 3.05) is 26.2 Å². The zero-order valence-electron chi connectivity index (χ0n) is 14.5. The van der Waals surface area contributed by atoms with Crippen LogP contribution in [0.3, 0.4) is 0 Å². The number of nitrogens with one attached hydrogen (secondary N) is 1. The van der Waals surface area contributed by atoms with E-state index in [0.29, 0.717) is 0 Å². The van der Waals surface area contributed by atoms with Gasteiger partial charge < -0.3 is 10.2 Å². The van der Waals surface area contributed by atoms with Crippen molar-refractivity contribution in [2.24, 2.45) is 11.8 Å². The zero-order chi connectivity index (χ0) is 14.8. The molecule has 1 fully saturated rings. The van der Waals surface area contributed by atoms with Crippen molar-refractivity contribution < 1.29 is 0 Å². The third kappa shape index (κ3) is 7.08. The topological polar surface area (TPSA) is 15.3 Å². The molecule has 2 atom stereocenters. The van der Waals surface area contributed by atoms with Crippen LogP contribution in [0.15, 0.2) is 0 Å². The summed E-state index contributed by atoms with van der Waals surface area (Å²) in [5.74, 6) is 1.84. The molecule has 120 valence electrons. The average molecular weight is 283 g/mol. The molecule has 0 saturated carbocycles. The number of likely N-dealkylation sites (tertiary alicyclic amines) is 1. The Morgan fingerprint density at radius 1 is 1.15 bits per heavy atom. The van der Waals surface area contributed by atoms with Crippen LogP contribution in [0.5, 0.6) is 0 Å². The molecule has 1 heterocycles. The van der Waals surface area contributed by atoms with E-state index >= 15 is 0 Å². The SMILES string of the molecule is CCCNC(CC)CCCN1CCCC(C(C)C)CC1. The van der Waals surface area contributed by atoms with Crippen molar-refractivity contribution in [2.45, 2.75) is 78.7 Å². The minimum absolute atomic E-state index is 0.741. The monoisotopic (exact) mass is 282 g/mol. The van der Waals surface area contributed by atoms with Gasteiger partial charge in [-0.3, -0.25) is 0 Å². The summed E-state index contributed by atoms with van der Waals surface area (Å²) in [5.41, 5.74) is 0. The third-order valence-corrected chi connectivity index (χ3v) is 5.01. The molecule has 1 rings (SSSR count). The van der Waals surface area contributed by atoms with Crippen molar-refractivity contribution in [3.8, 4) is 0 Å². The summed E-state index contributed by atoms with van der Waals surface area (Å²) < 4.78 is 0. The molecule has 1 saturated heterocycles. The van der Waals surface area contributed by atoms with Crippen LogP contribution in [0, 0.1) is 11.8 Å². The van der Waals surface area contributed by atoms with Gasteiger partial charge in [-0.2, -0.15) is 0 Å². The van der Waals surface area contributed by atoms with Crippen LogP contribution in [-0.4, -0.2) is 37.1 Å². The van der Waals surface area contributed by atoms with E-state index in [1.165, 1.54) is 71.1 Å². The van der Waals surface area contributed by atoms with E-state index < -0.39 is 0 Å². The maximum atomic E-state index is 3.67. The average Bonchev–Trinajstić information content (AvgIpc) is 2.68. The van der Waals surface area contributed by atoms with Crippen LogP contribution in [0.25, 0.3) is 0 Å². The summed E-state index contributed by atoms with van der Waals surface area (Å²) in [7, 11) is 0. The molecule has 1 N–H and O–H groups in total. The Labute approximate surface area is 127 Å². The van der Waals surface area contributed by atoms with Gasteiger partial charge in [-0.25, -0.2) is 0 Å². The van der Waals surface area contributed by atoms with Crippen molar-refractivity contribution in [1.29, 1.82) is 0 Å². The third-order valence-electron chi connectivity index (χ3n) is 5.01. The highest BCUT2D eigenvalue weighted by Gasteiger charge is 2.19. The van der Waals surface area contributed by atoms with Gasteiger partial charge in [-0.1, -0.05) is 27.7 Å². The Balaban J connectivity index is 2.18. The lowest BCUT2D eigenvalue weighted by atomic mass is 9.89. The first kappa shape index (κ1) is 18.0. The van der Waals surface area contributed by atoms with Gasteiger partial charge in [0.05, 0.1) is 0 Å². The summed E-state index contributed by atoms with van der Waals surface area (Å²) in [5, 5.41) is 3.67. The van der Waals surface area contributed by atoms with Crippen molar-refractivity contribution in [3.63, 3.8) is 0 Å². The predicted molar refractivity (Wildman–Crippen MR) is 90.2 cm³/mol. The van der Waals surface area contributed by atoms with Gasteiger partial charge in [0.15, 0.2) is 0 Å². The van der Waals surface area contributed by atoms with E-state index in [4.69, 9.17) is 0 Å². The summed E-state index contributed by atoms with van der Waals surface area (Å²) in [6, 6.07) is 0.741. The highest BCUT2D eigenvalue weighted by molar-refractivity contribution is 4.73. The van der Waals surface area contributed by atoms with E-state index in [9.17, 15) is 0 Å². The molecule has 0 aliphatic carbocycles. The first-order valence-electron chi connectivity index (χ1n) is 9.13. The standard InChI is InChI=1S/C18H38N2/c1-5-12-19-18(6-2)10-8-14-20-13-7-9-17(11-15-20)16(3)4/h16-19H,5-15H2,1-4H3. The van der Waals surface area contributed by atoms with Crippen molar-refractivity contribution in [3.05, 3.63) is 0 Å². The Bertz CT molecular complexity index is 227. The van der Waals surface area contributed by atoms with Gasteiger partial charge >= 0.3 is 0 Å². The Morgan fingerprint density at radius 2 is 1.95 bits per heavy atom. The molecule has 0 spiro atoms. The van der Waals surface area contributed by atoms with Gasteiger partial charge in [0.2, 0.25) is 0 Å². The van der Waals surface area contributed by atoms with Gasteiger partial charge in [0, 0.05) is 6.04 Å². The molecule has 0 aromatic carbocycles. The second-order valence-corrected chi connectivity index (χ2v) is 6.98. The maximum Gasteiger partial charge on any atom is 0.00649 e. The lowest BCUT2D eigenvalue weighted by Crippen LogP contribution is -2.31. The minimum atomic E-state index is 0.741. The summed E-state index contributed by atoms with van der Waals surface area (Å²) in [6.07, 6.45) is 9.51. The van der Waals surface area contributed by atoms with E-state index in [-0.39, 0.29) is 0 Å². The van der Waals surface area contributed by atoms with Crippen LogP contribution >= 0.6 is 0 Å². The number of rotatable bonds is 9. The van der Waals surface area contributed by atoms with E-state index in [1.54, 1.807) is 0 Å². The second-order valence-electron chi connectivity index (χ2n) is 6.98. The maximum absolute atomic E-state index is 3.67. The largest absolute Gasteiger partial charge is 0.314 e. The smallest absolute Gasteiger partial charge is 0.00649 e. The van der Waals surface area contributed by atoms with Gasteiger partial charge in [-0.15, -0.1) is 0 Å². The molecule has 1 aliphatic rings. The van der Waals surface area contributed by atoms with Crippen molar-refractivity contribution in [1.82, 2.24) is 10.2 Å². The molecule has 0 radical (unpaired) electrons. The molecule has 2 heteroatoms. The normalized spacial score (nSPS) is 22.9. The van der Waals surface area contributed by atoms with Crippen LogP contribution in [0.2, 0.25) is 0 Å². The Kier molecular flexibility index (Phi) is 9.54. The lowest BCUT2D eigenvalue weighted by molar-refractivity contribution is 0.261. The fraction of sp³-hybridized carbons (Fsp3) is 1.00. The molecular weight excluding hydrogens is 244 g/mol. The van der Waals surface area contributed by atoms with E-state index in [1.807, 2.05) is 0 Å². The molecular formula is C18H38N2. The summed E-state index contributed by atoms with van der Waals surface area (Å²) >= 11 is 0. The fourth-order valence-corrected chi connectivity index (χ4v) is 3.43. The first-order valence-corrected chi connectivity index (χ1v) is 9.13. The van der Waals surface area contributed by atoms with Crippen molar-refractivity contribution >= 4 is 0 Å². The predicted octanol–water partition coefficient (Wildman–Crippen LogP) is 4.30. The molecule has 0 aromatic heterocycles. The molecule has 1 aliphatic heterocycles. The number of hydrogen-bond donors (Lipinski definition) is 1. The van der Waals surface area contributed by atoms with E-state index in [2.05, 4.69) is 37.9 Å². The van der Waals surface area contributed by atoms with Crippen LogP contribution < -0.4 is 5.32 Å². The summed E-state index contributed by atoms with van der Waals surface area (Å²) in [6.45, 7) is 14.5. The molecule has 2 unspecified atom stereocenters. The highest BCUT2D eigenvalue weighted by atomic mass is 15.1. The summed E-state index contributed by atoms with van der Waals surface area (Å²) in [4.78, 5) is 2.72. The molecule has 0 bridgehead atoms. The highest BCUT2D eigenvalue weighted by Crippen LogP contribution is 2.24. The molecule has 2 nitrogen and oxygen atoms in total. The Hall–Kier alpha value is -0.0800.